The SMILES string of the molecule is CC(O)C(NC(=O)Nc1ccc(C(F)(F)F)cc1)C(=O)O. The summed E-state index contributed by atoms with van der Waals surface area (Å²) >= 11 is 0. The van der Waals surface area contributed by atoms with Gasteiger partial charge in [-0.05, 0) is 31.2 Å². The van der Waals surface area contributed by atoms with E-state index in [1.807, 2.05) is 5.32 Å². The molecule has 0 bridgehead atoms. The summed E-state index contributed by atoms with van der Waals surface area (Å²) in [7, 11) is 0. The van der Waals surface area contributed by atoms with Crippen molar-refractivity contribution in [1.29, 1.82) is 0 Å². The van der Waals surface area contributed by atoms with Gasteiger partial charge in [0.05, 0.1) is 11.7 Å². The smallest absolute Gasteiger partial charge is 0.416 e. The van der Waals surface area contributed by atoms with Gasteiger partial charge in [0.15, 0.2) is 6.04 Å². The van der Waals surface area contributed by atoms with Crippen LogP contribution in [-0.2, 0) is 11.0 Å². The molecule has 0 radical (unpaired) electrons. The topological polar surface area (TPSA) is 98.7 Å². The third kappa shape index (κ3) is 4.95. The van der Waals surface area contributed by atoms with Gasteiger partial charge in [-0.15, -0.1) is 0 Å². The molecule has 1 rings (SSSR count). The van der Waals surface area contributed by atoms with Crippen LogP contribution in [0.5, 0.6) is 0 Å². The lowest BCUT2D eigenvalue weighted by Gasteiger charge is -2.17. The summed E-state index contributed by atoms with van der Waals surface area (Å²) in [6.07, 6.45) is -5.82. The van der Waals surface area contributed by atoms with Crippen LogP contribution in [-0.4, -0.2) is 34.4 Å². The van der Waals surface area contributed by atoms with Crippen LogP contribution in [0.3, 0.4) is 0 Å². The van der Waals surface area contributed by atoms with E-state index < -0.39 is 35.9 Å². The van der Waals surface area contributed by atoms with Gasteiger partial charge in [-0.25, -0.2) is 9.59 Å². The molecule has 0 fully saturated rings. The molecule has 0 aromatic heterocycles. The highest BCUT2D eigenvalue weighted by Gasteiger charge is 2.30. The first kappa shape index (κ1) is 16.8. The molecule has 0 spiro atoms. The average Bonchev–Trinajstić information content (AvgIpc) is 2.34. The van der Waals surface area contributed by atoms with Crippen molar-refractivity contribution in [3.63, 3.8) is 0 Å². The van der Waals surface area contributed by atoms with Crippen molar-refractivity contribution >= 4 is 17.7 Å². The number of benzene rings is 1. The molecule has 1 aromatic rings. The van der Waals surface area contributed by atoms with E-state index >= 15 is 0 Å². The normalized spacial score (nSPS) is 14.1. The van der Waals surface area contributed by atoms with E-state index in [9.17, 15) is 27.9 Å². The monoisotopic (exact) mass is 306 g/mol. The number of hydrogen-bond donors (Lipinski definition) is 4. The van der Waals surface area contributed by atoms with E-state index in [0.717, 1.165) is 24.3 Å². The molecule has 0 aliphatic carbocycles. The summed E-state index contributed by atoms with van der Waals surface area (Å²) in [4.78, 5) is 22.3. The highest BCUT2D eigenvalue weighted by atomic mass is 19.4. The molecule has 21 heavy (non-hydrogen) atoms. The Morgan fingerprint density at radius 3 is 2.10 bits per heavy atom. The van der Waals surface area contributed by atoms with E-state index in [2.05, 4.69) is 5.32 Å². The number of hydrogen-bond acceptors (Lipinski definition) is 3. The second-order valence-corrected chi connectivity index (χ2v) is 4.23. The summed E-state index contributed by atoms with van der Waals surface area (Å²) < 4.78 is 37.0. The third-order valence-corrected chi connectivity index (χ3v) is 2.51. The van der Waals surface area contributed by atoms with Gasteiger partial charge in [-0.2, -0.15) is 13.2 Å². The number of nitrogens with one attached hydrogen (secondary N) is 2. The lowest BCUT2D eigenvalue weighted by atomic mass is 10.2. The number of halogens is 3. The minimum atomic E-state index is -4.48. The molecule has 2 amide bonds. The van der Waals surface area contributed by atoms with Crippen LogP contribution in [0, 0.1) is 0 Å². The first-order valence-corrected chi connectivity index (χ1v) is 5.77. The van der Waals surface area contributed by atoms with Crippen molar-refractivity contribution in [2.45, 2.75) is 25.2 Å². The van der Waals surface area contributed by atoms with Gasteiger partial charge in [-0.1, -0.05) is 0 Å². The molecule has 2 atom stereocenters. The number of aliphatic carboxylic acids is 1. The summed E-state index contributed by atoms with van der Waals surface area (Å²) in [6.45, 7) is 1.18. The quantitative estimate of drug-likeness (QED) is 0.680. The molecule has 1 aromatic carbocycles. The van der Waals surface area contributed by atoms with Gasteiger partial charge in [0, 0.05) is 5.69 Å². The van der Waals surface area contributed by atoms with Gasteiger partial charge in [0.25, 0.3) is 0 Å². The fourth-order valence-corrected chi connectivity index (χ4v) is 1.44. The fraction of sp³-hybridized carbons (Fsp3) is 0.333. The molecular weight excluding hydrogens is 293 g/mol. The molecule has 0 aliphatic heterocycles. The highest BCUT2D eigenvalue weighted by molar-refractivity contribution is 5.92. The molecule has 9 heteroatoms. The second kappa shape index (κ2) is 6.44. The van der Waals surface area contributed by atoms with Gasteiger partial charge >= 0.3 is 18.2 Å². The van der Waals surface area contributed by atoms with E-state index in [-0.39, 0.29) is 5.69 Å². The standard InChI is InChI=1S/C12H13F3N2O4/c1-6(18)9(10(19)20)17-11(21)16-8-4-2-7(3-5-8)12(13,14)15/h2-6,9,18H,1H3,(H,19,20)(H2,16,17,21). The molecule has 6 nitrogen and oxygen atoms in total. The summed E-state index contributed by atoms with van der Waals surface area (Å²) in [6, 6.07) is 1.13. The number of alkyl halides is 3. The largest absolute Gasteiger partial charge is 0.480 e. The number of carboxylic acids is 1. The first-order valence-electron chi connectivity index (χ1n) is 5.77. The highest BCUT2D eigenvalue weighted by Crippen LogP contribution is 2.29. The summed E-state index contributed by atoms with van der Waals surface area (Å²) in [5.41, 5.74) is -0.823. The Hall–Kier alpha value is -2.29. The fourth-order valence-electron chi connectivity index (χ4n) is 1.44. The molecule has 2 unspecified atom stereocenters. The Kier molecular flexibility index (Phi) is 5.14. The molecule has 116 valence electrons. The Bertz CT molecular complexity index is 514. The maximum absolute atomic E-state index is 12.3. The van der Waals surface area contributed by atoms with E-state index in [4.69, 9.17) is 5.11 Å². The molecular formula is C12H13F3N2O4. The van der Waals surface area contributed by atoms with Crippen LogP contribution in [0.15, 0.2) is 24.3 Å². The van der Waals surface area contributed by atoms with Crippen LogP contribution in [0.4, 0.5) is 23.7 Å². The summed E-state index contributed by atoms with van der Waals surface area (Å²) in [5, 5.41) is 22.1. The predicted molar refractivity (Wildman–Crippen MR) is 66.7 cm³/mol. The van der Waals surface area contributed by atoms with Crippen LogP contribution in [0.2, 0.25) is 0 Å². The van der Waals surface area contributed by atoms with Gasteiger partial charge in [0.2, 0.25) is 0 Å². The Balaban J connectivity index is 2.69. The average molecular weight is 306 g/mol. The molecule has 4 N–H and O–H groups in total. The van der Waals surface area contributed by atoms with E-state index in [1.54, 1.807) is 0 Å². The lowest BCUT2D eigenvalue weighted by Crippen LogP contribution is -2.49. The maximum atomic E-state index is 12.3. The number of carboxylic acid groups (broad SMARTS) is 1. The van der Waals surface area contributed by atoms with Gasteiger partial charge in [0.1, 0.15) is 0 Å². The van der Waals surface area contributed by atoms with Crippen molar-refractivity contribution < 1.29 is 33.0 Å². The Morgan fingerprint density at radius 2 is 1.71 bits per heavy atom. The van der Waals surface area contributed by atoms with Crippen LogP contribution in [0.1, 0.15) is 12.5 Å². The molecule has 0 saturated carbocycles. The second-order valence-electron chi connectivity index (χ2n) is 4.23. The zero-order valence-corrected chi connectivity index (χ0v) is 10.8. The van der Waals surface area contributed by atoms with Crippen molar-refractivity contribution in [3.8, 4) is 0 Å². The number of aliphatic hydroxyl groups is 1. The number of carbonyl (C=O) groups is 2. The minimum Gasteiger partial charge on any atom is -0.480 e. The van der Waals surface area contributed by atoms with Crippen molar-refractivity contribution in [1.82, 2.24) is 5.32 Å². The van der Waals surface area contributed by atoms with Crippen LogP contribution < -0.4 is 10.6 Å². The van der Waals surface area contributed by atoms with Gasteiger partial charge in [-0.3, -0.25) is 0 Å². The van der Waals surface area contributed by atoms with Crippen LogP contribution >= 0.6 is 0 Å². The van der Waals surface area contributed by atoms with Crippen molar-refractivity contribution in [2.75, 3.05) is 5.32 Å². The van der Waals surface area contributed by atoms with E-state index in [0.29, 0.717) is 0 Å². The minimum absolute atomic E-state index is 0.0511. The molecule has 0 heterocycles. The van der Waals surface area contributed by atoms with Gasteiger partial charge < -0.3 is 20.8 Å². The van der Waals surface area contributed by atoms with Crippen LogP contribution in [0.25, 0.3) is 0 Å². The maximum Gasteiger partial charge on any atom is 0.416 e. The molecule has 0 saturated heterocycles. The zero-order valence-electron chi connectivity index (χ0n) is 10.8. The number of amides is 2. The number of urea groups is 1. The third-order valence-electron chi connectivity index (χ3n) is 2.51. The number of carbonyl (C=O) groups excluding carboxylic acids is 1. The summed E-state index contributed by atoms with van der Waals surface area (Å²) in [5.74, 6) is -1.44. The number of rotatable bonds is 4. The molecule has 0 aliphatic rings. The Morgan fingerprint density at radius 1 is 1.19 bits per heavy atom. The number of aliphatic hydroxyl groups excluding tert-OH is 1. The van der Waals surface area contributed by atoms with Crippen molar-refractivity contribution in [2.24, 2.45) is 0 Å². The van der Waals surface area contributed by atoms with E-state index in [1.165, 1.54) is 6.92 Å². The predicted octanol–water partition coefficient (Wildman–Crippen LogP) is 1.66. The lowest BCUT2D eigenvalue weighted by molar-refractivity contribution is -0.141. The Labute approximate surface area is 117 Å². The zero-order chi connectivity index (χ0) is 16.2. The van der Waals surface area contributed by atoms with Crippen molar-refractivity contribution in [3.05, 3.63) is 29.8 Å². The number of anilines is 1. The first-order chi connectivity index (χ1) is 9.61.